The van der Waals surface area contributed by atoms with E-state index in [1.807, 2.05) is 0 Å². The molecule has 0 fully saturated rings. The Labute approximate surface area is 125 Å². The maximum absolute atomic E-state index is 13.5. The highest BCUT2D eigenvalue weighted by atomic mass is 35.5. The fourth-order valence-corrected chi connectivity index (χ4v) is 2.30. The summed E-state index contributed by atoms with van der Waals surface area (Å²) in [4.78, 5) is 11.0. The number of hydrogen-bond donors (Lipinski definition) is 1. The third-order valence-electron chi connectivity index (χ3n) is 2.99. The van der Waals surface area contributed by atoms with Crippen molar-refractivity contribution in [1.29, 1.82) is 0 Å². The van der Waals surface area contributed by atoms with Gasteiger partial charge >= 0.3 is 5.97 Å². The molecule has 0 aromatic heterocycles. The molecule has 6 heteroatoms. The summed E-state index contributed by atoms with van der Waals surface area (Å²) >= 11 is 6.16. The van der Waals surface area contributed by atoms with Gasteiger partial charge in [-0.1, -0.05) is 17.7 Å². The van der Waals surface area contributed by atoms with Crippen LogP contribution in [0.2, 0.25) is 5.02 Å². The molecule has 2 aromatic carbocycles. The molecule has 0 saturated carbocycles. The molecule has 0 amide bonds. The minimum atomic E-state index is -1.34. The van der Waals surface area contributed by atoms with Crippen LogP contribution in [0.5, 0.6) is 11.5 Å². The first-order valence-electron chi connectivity index (χ1n) is 5.93. The second-order valence-electron chi connectivity index (χ2n) is 4.16. The molecule has 2 rings (SSSR count). The Bertz CT molecular complexity index is 700. The maximum Gasteiger partial charge on any atom is 0.338 e. The van der Waals surface area contributed by atoms with Gasteiger partial charge in [0.25, 0.3) is 0 Å². The van der Waals surface area contributed by atoms with Crippen molar-refractivity contribution >= 4 is 17.6 Å². The molecule has 110 valence electrons. The molecule has 0 heterocycles. The molecule has 0 radical (unpaired) electrons. The van der Waals surface area contributed by atoms with Crippen LogP contribution in [-0.2, 0) is 0 Å². The van der Waals surface area contributed by atoms with Crippen LogP contribution in [0, 0.1) is 5.82 Å². The fraction of sp³-hybridized carbons (Fsp3) is 0.133. The van der Waals surface area contributed by atoms with E-state index in [1.165, 1.54) is 26.4 Å². The Hall–Kier alpha value is -2.27. The predicted octanol–water partition coefficient (Wildman–Crippen LogP) is 3.86. The molecule has 1 N–H and O–H groups in total. The SMILES string of the molecule is COc1ccc(-c2ccc(F)c(C(=O)O)c2)c(OC)c1Cl. The van der Waals surface area contributed by atoms with Crippen LogP contribution in [-0.4, -0.2) is 25.3 Å². The van der Waals surface area contributed by atoms with Gasteiger partial charge in [-0.25, -0.2) is 9.18 Å². The Morgan fingerprint density at radius 2 is 1.90 bits per heavy atom. The van der Waals surface area contributed by atoms with E-state index in [0.29, 0.717) is 22.6 Å². The number of benzene rings is 2. The third kappa shape index (κ3) is 2.78. The largest absolute Gasteiger partial charge is 0.495 e. The molecule has 4 nitrogen and oxygen atoms in total. The molecular weight excluding hydrogens is 299 g/mol. The second kappa shape index (κ2) is 6.01. The Balaban J connectivity index is 2.64. The zero-order valence-corrected chi connectivity index (χ0v) is 12.1. The molecule has 0 aliphatic rings. The highest BCUT2D eigenvalue weighted by Gasteiger charge is 2.17. The van der Waals surface area contributed by atoms with Gasteiger partial charge in [-0.15, -0.1) is 0 Å². The molecule has 0 spiro atoms. The topological polar surface area (TPSA) is 55.8 Å². The van der Waals surface area contributed by atoms with Crippen molar-refractivity contribution in [1.82, 2.24) is 0 Å². The van der Waals surface area contributed by atoms with Crippen molar-refractivity contribution in [3.8, 4) is 22.6 Å². The van der Waals surface area contributed by atoms with E-state index < -0.39 is 17.3 Å². The van der Waals surface area contributed by atoms with Crippen LogP contribution in [0.1, 0.15) is 10.4 Å². The number of halogens is 2. The van der Waals surface area contributed by atoms with Crippen LogP contribution in [0.25, 0.3) is 11.1 Å². The number of aromatic carboxylic acids is 1. The minimum absolute atomic E-state index is 0.263. The lowest BCUT2D eigenvalue weighted by atomic mass is 10.0. The number of ether oxygens (including phenoxy) is 2. The van der Waals surface area contributed by atoms with Gasteiger partial charge in [-0.3, -0.25) is 0 Å². The quantitative estimate of drug-likeness (QED) is 0.931. The van der Waals surface area contributed by atoms with Gasteiger partial charge in [0.1, 0.15) is 22.3 Å². The monoisotopic (exact) mass is 310 g/mol. The van der Waals surface area contributed by atoms with E-state index in [9.17, 15) is 9.18 Å². The van der Waals surface area contributed by atoms with Gasteiger partial charge in [-0.2, -0.15) is 0 Å². The Morgan fingerprint density at radius 1 is 1.19 bits per heavy atom. The van der Waals surface area contributed by atoms with Gasteiger partial charge in [0.2, 0.25) is 0 Å². The zero-order valence-electron chi connectivity index (χ0n) is 11.3. The van der Waals surface area contributed by atoms with E-state index in [-0.39, 0.29) is 5.02 Å². The number of methoxy groups -OCH3 is 2. The zero-order chi connectivity index (χ0) is 15.6. The van der Waals surface area contributed by atoms with Crippen molar-refractivity contribution < 1.29 is 23.8 Å². The molecule has 0 unspecified atom stereocenters. The lowest BCUT2D eigenvalue weighted by Crippen LogP contribution is -2.01. The van der Waals surface area contributed by atoms with E-state index in [4.69, 9.17) is 26.2 Å². The average Bonchev–Trinajstić information content (AvgIpc) is 2.47. The van der Waals surface area contributed by atoms with Gasteiger partial charge in [0.05, 0.1) is 19.8 Å². The molecule has 2 aromatic rings. The summed E-state index contributed by atoms with van der Waals surface area (Å²) < 4.78 is 23.8. The van der Waals surface area contributed by atoms with Gasteiger partial charge in [0.15, 0.2) is 0 Å². The number of carboxylic acid groups (broad SMARTS) is 1. The lowest BCUT2D eigenvalue weighted by Gasteiger charge is -2.13. The smallest absolute Gasteiger partial charge is 0.338 e. The van der Waals surface area contributed by atoms with Crippen LogP contribution in [0.3, 0.4) is 0 Å². The fourth-order valence-electron chi connectivity index (χ4n) is 1.98. The predicted molar refractivity (Wildman–Crippen MR) is 76.9 cm³/mol. The first kappa shape index (κ1) is 15.1. The summed E-state index contributed by atoms with van der Waals surface area (Å²) in [5.74, 6) is -1.38. The Kier molecular flexibility index (Phi) is 4.33. The average molecular weight is 311 g/mol. The summed E-state index contributed by atoms with van der Waals surface area (Å²) in [5.41, 5.74) is 0.613. The maximum atomic E-state index is 13.5. The Morgan fingerprint density at radius 3 is 2.48 bits per heavy atom. The number of rotatable bonds is 4. The number of hydrogen-bond acceptors (Lipinski definition) is 3. The van der Waals surface area contributed by atoms with Gasteiger partial charge in [0, 0.05) is 5.56 Å². The minimum Gasteiger partial charge on any atom is -0.495 e. The van der Waals surface area contributed by atoms with Crippen LogP contribution in [0.4, 0.5) is 4.39 Å². The van der Waals surface area contributed by atoms with Gasteiger partial charge < -0.3 is 14.6 Å². The van der Waals surface area contributed by atoms with Crippen molar-refractivity contribution in [2.24, 2.45) is 0 Å². The first-order valence-corrected chi connectivity index (χ1v) is 6.31. The second-order valence-corrected chi connectivity index (χ2v) is 4.54. The molecule has 0 bridgehead atoms. The lowest BCUT2D eigenvalue weighted by molar-refractivity contribution is 0.0692. The summed E-state index contributed by atoms with van der Waals surface area (Å²) in [6.45, 7) is 0. The van der Waals surface area contributed by atoms with Crippen LogP contribution < -0.4 is 9.47 Å². The van der Waals surface area contributed by atoms with E-state index >= 15 is 0 Å². The molecule has 0 aliphatic heterocycles. The van der Waals surface area contributed by atoms with Crippen molar-refractivity contribution in [2.75, 3.05) is 14.2 Å². The van der Waals surface area contributed by atoms with Gasteiger partial charge in [-0.05, 0) is 29.8 Å². The van der Waals surface area contributed by atoms with E-state index in [0.717, 1.165) is 6.07 Å². The molecular formula is C15H12ClFO4. The molecule has 21 heavy (non-hydrogen) atoms. The van der Waals surface area contributed by atoms with Crippen molar-refractivity contribution in [3.05, 3.63) is 46.7 Å². The third-order valence-corrected chi connectivity index (χ3v) is 3.35. The summed E-state index contributed by atoms with van der Waals surface area (Å²) in [5, 5.41) is 9.25. The van der Waals surface area contributed by atoms with E-state index in [1.54, 1.807) is 12.1 Å². The summed E-state index contributed by atoms with van der Waals surface area (Å²) in [7, 11) is 2.91. The standard InChI is InChI=1S/C15H12ClFO4/c1-20-12-6-4-9(14(21-2)13(12)16)8-3-5-11(17)10(7-8)15(18)19/h3-7H,1-2H3,(H,18,19). The highest BCUT2D eigenvalue weighted by molar-refractivity contribution is 6.34. The number of carbonyl (C=O) groups is 1. The van der Waals surface area contributed by atoms with Crippen LogP contribution >= 0.6 is 11.6 Å². The van der Waals surface area contributed by atoms with E-state index in [2.05, 4.69) is 0 Å². The first-order chi connectivity index (χ1) is 9.99. The van der Waals surface area contributed by atoms with Crippen molar-refractivity contribution in [3.63, 3.8) is 0 Å². The van der Waals surface area contributed by atoms with Crippen LogP contribution in [0.15, 0.2) is 30.3 Å². The summed E-state index contributed by atoms with van der Waals surface area (Å²) in [6.07, 6.45) is 0. The molecule has 0 aliphatic carbocycles. The highest BCUT2D eigenvalue weighted by Crippen LogP contribution is 2.42. The molecule has 0 atom stereocenters. The van der Waals surface area contributed by atoms with Crippen molar-refractivity contribution in [2.45, 2.75) is 0 Å². The molecule has 0 saturated heterocycles. The normalized spacial score (nSPS) is 10.3. The summed E-state index contributed by atoms with van der Waals surface area (Å²) in [6, 6.07) is 7.09. The number of carboxylic acids is 1.